The molecule has 0 spiro atoms. The fourth-order valence-corrected chi connectivity index (χ4v) is 2.10. The fraction of sp³-hybridized carbons (Fsp3) is 0.636. The molecule has 0 aromatic carbocycles. The van der Waals surface area contributed by atoms with E-state index in [0.29, 0.717) is 6.54 Å². The third-order valence-corrected chi connectivity index (χ3v) is 3.26. The van der Waals surface area contributed by atoms with Gasteiger partial charge in [-0.25, -0.2) is 9.97 Å². The molecule has 16 heavy (non-hydrogen) atoms. The van der Waals surface area contributed by atoms with Crippen molar-refractivity contribution in [3.05, 3.63) is 16.1 Å². The van der Waals surface area contributed by atoms with Crippen LogP contribution in [0.25, 0.3) is 0 Å². The maximum atomic E-state index is 5.76. The van der Waals surface area contributed by atoms with Gasteiger partial charge in [0.2, 0.25) is 0 Å². The molecule has 0 bridgehead atoms. The van der Waals surface area contributed by atoms with Gasteiger partial charge in [-0.3, -0.25) is 0 Å². The van der Waals surface area contributed by atoms with Crippen LogP contribution >= 0.6 is 22.6 Å². The SMILES string of the molecule is CCN(CC(C)(C)CN)c1ncncc1I. The minimum Gasteiger partial charge on any atom is -0.355 e. The quantitative estimate of drug-likeness (QED) is 0.836. The van der Waals surface area contributed by atoms with Gasteiger partial charge in [0, 0.05) is 19.3 Å². The molecule has 0 aliphatic carbocycles. The zero-order valence-electron chi connectivity index (χ0n) is 10.1. The lowest BCUT2D eigenvalue weighted by Crippen LogP contribution is -2.39. The lowest BCUT2D eigenvalue weighted by molar-refractivity contribution is 0.378. The highest BCUT2D eigenvalue weighted by Crippen LogP contribution is 2.22. The van der Waals surface area contributed by atoms with Crippen molar-refractivity contribution >= 4 is 28.4 Å². The highest BCUT2D eigenvalue weighted by Gasteiger charge is 2.21. The van der Waals surface area contributed by atoms with E-state index in [2.05, 4.69) is 58.2 Å². The van der Waals surface area contributed by atoms with E-state index >= 15 is 0 Å². The summed E-state index contributed by atoms with van der Waals surface area (Å²) < 4.78 is 1.08. The van der Waals surface area contributed by atoms with Crippen molar-refractivity contribution in [2.24, 2.45) is 11.1 Å². The van der Waals surface area contributed by atoms with Crippen LogP contribution in [0.2, 0.25) is 0 Å². The molecule has 0 amide bonds. The van der Waals surface area contributed by atoms with Gasteiger partial charge in [-0.05, 0) is 41.5 Å². The maximum Gasteiger partial charge on any atom is 0.145 e. The molecular weight excluding hydrogens is 315 g/mol. The van der Waals surface area contributed by atoms with Gasteiger partial charge in [0.25, 0.3) is 0 Å². The summed E-state index contributed by atoms with van der Waals surface area (Å²) in [6.07, 6.45) is 3.43. The van der Waals surface area contributed by atoms with Crippen molar-refractivity contribution in [3.63, 3.8) is 0 Å². The number of hydrogen-bond donors (Lipinski definition) is 1. The number of rotatable bonds is 5. The van der Waals surface area contributed by atoms with Crippen molar-refractivity contribution in [2.45, 2.75) is 20.8 Å². The summed E-state index contributed by atoms with van der Waals surface area (Å²) >= 11 is 2.26. The zero-order chi connectivity index (χ0) is 12.2. The topological polar surface area (TPSA) is 55.0 Å². The average Bonchev–Trinajstić information content (AvgIpc) is 2.27. The van der Waals surface area contributed by atoms with E-state index < -0.39 is 0 Å². The molecule has 0 aliphatic rings. The van der Waals surface area contributed by atoms with Gasteiger partial charge in [0.05, 0.1) is 3.57 Å². The van der Waals surface area contributed by atoms with Crippen LogP contribution < -0.4 is 10.6 Å². The Hall–Kier alpha value is -0.430. The predicted octanol–water partition coefficient (Wildman–Crippen LogP) is 1.89. The van der Waals surface area contributed by atoms with E-state index in [1.54, 1.807) is 6.33 Å². The van der Waals surface area contributed by atoms with E-state index in [-0.39, 0.29) is 5.41 Å². The van der Waals surface area contributed by atoms with Crippen LogP contribution in [0.1, 0.15) is 20.8 Å². The summed E-state index contributed by atoms with van der Waals surface area (Å²) in [7, 11) is 0. The van der Waals surface area contributed by atoms with Crippen molar-refractivity contribution in [2.75, 3.05) is 24.5 Å². The first-order chi connectivity index (χ1) is 7.50. The Kier molecular flexibility index (Phi) is 4.91. The molecule has 0 unspecified atom stereocenters. The van der Waals surface area contributed by atoms with Crippen molar-refractivity contribution < 1.29 is 0 Å². The molecule has 0 radical (unpaired) electrons. The van der Waals surface area contributed by atoms with E-state index in [1.807, 2.05) is 6.20 Å². The Morgan fingerprint density at radius 2 is 2.19 bits per heavy atom. The minimum absolute atomic E-state index is 0.101. The molecule has 1 aromatic heterocycles. The van der Waals surface area contributed by atoms with Gasteiger partial charge < -0.3 is 10.6 Å². The Morgan fingerprint density at radius 3 is 2.69 bits per heavy atom. The lowest BCUT2D eigenvalue weighted by Gasteiger charge is -2.32. The number of halogens is 1. The summed E-state index contributed by atoms with van der Waals surface area (Å²) in [5, 5.41) is 0. The molecule has 1 heterocycles. The van der Waals surface area contributed by atoms with Crippen molar-refractivity contribution in [3.8, 4) is 0 Å². The second-order valence-electron chi connectivity index (χ2n) is 4.58. The van der Waals surface area contributed by atoms with Crippen LogP contribution in [0.15, 0.2) is 12.5 Å². The van der Waals surface area contributed by atoms with Crippen LogP contribution in [0, 0.1) is 8.99 Å². The van der Waals surface area contributed by atoms with Gasteiger partial charge >= 0.3 is 0 Å². The largest absolute Gasteiger partial charge is 0.355 e. The molecule has 0 atom stereocenters. The summed E-state index contributed by atoms with van der Waals surface area (Å²) in [6, 6.07) is 0. The molecule has 1 aromatic rings. The third-order valence-electron chi connectivity index (χ3n) is 2.50. The molecule has 0 saturated heterocycles. The van der Waals surface area contributed by atoms with Crippen LogP contribution in [0.4, 0.5) is 5.82 Å². The number of nitrogens with zero attached hydrogens (tertiary/aromatic N) is 3. The molecule has 90 valence electrons. The molecule has 0 saturated carbocycles. The van der Waals surface area contributed by atoms with Gasteiger partial charge in [0.15, 0.2) is 0 Å². The van der Waals surface area contributed by atoms with Gasteiger partial charge in [0.1, 0.15) is 12.1 Å². The molecule has 1 rings (SSSR count). The standard InChI is InChI=1S/C11H19IN4/c1-4-16(7-11(2,3)6-13)10-9(12)5-14-8-15-10/h5,8H,4,6-7,13H2,1-3H3. The number of nitrogens with two attached hydrogens (primary N) is 1. The summed E-state index contributed by atoms with van der Waals surface area (Å²) in [5.41, 5.74) is 5.87. The van der Waals surface area contributed by atoms with E-state index in [9.17, 15) is 0 Å². The maximum absolute atomic E-state index is 5.76. The van der Waals surface area contributed by atoms with Crippen molar-refractivity contribution in [1.82, 2.24) is 9.97 Å². The Labute approximate surface area is 111 Å². The van der Waals surface area contributed by atoms with Crippen LogP contribution in [0.3, 0.4) is 0 Å². The van der Waals surface area contributed by atoms with Crippen molar-refractivity contribution in [1.29, 1.82) is 0 Å². The van der Waals surface area contributed by atoms with E-state index in [1.165, 1.54) is 0 Å². The highest BCUT2D eigenvalue weighted by molar-refractivity contribution is 14.1. The van der Waals surface area contributed by atoms with Crippen LogP contribution in [-0.2, 0) is 0 Å². The molecule has 0 fully saturated rings. The average molecular weight is 334 g/mol. The van der Waals surface area contributed by atoms with Gasteiger partial charge in [-0.15, -0.1) is 0 Å². The predicted molar refractivity (Wildman–Crippen MR) is 75.5 cm³/mol. The van der Waals surface area contributed by atoms with Crippen LogP contribution in [-0.4, -0.2) is 29.6 Å². The van der Waals surface area contributed by atoms with Gasteiger partial charge in [-0.2, -0.15) is 0 Å². The molecular formula is C11H19IN4. The monoisotopic (exact) mass is 334 g/mol. The second kappa shape index (κ2) is 5.77. The summed E-state index contributed by atoms with van der Waals surface area (Å²) in [5.74, 6) is 1.000. The molecule has 4 nitrogen and oxygen atoms in total. The highest BCUT2D eigenvalue weighted by atomic mass is 127. The van der Waals surface area contributed by atoms with E-state index in [4.69, 9.17) is 5.73 Å². The summed E-state index contributed by atoms with van der Waals surface area (Å²) in [6.45, 7) is 8.98. The molecule has 0 aliphatic heterocycles. The van der Waals surface area contributed by atoms with Crippen LogP contribution in [0.5, 0.6) is 0 Å². The van der Waals surface area contributed by atoms with Gasteiger partial charge in [-0.1, -0.05) is 13.8 Å². The third kappa shape index (κ3) is 3.55. The zero-order valence-corrected chi connectivity index (χ0v) is 12.2. The Balaban J connectivity index is 2.87. The van der Waals surface area contributed by atoms with E-state index in [0.717, 1.165) is 22.5 Å². The molecule has 2 N–H and O–H groups in total. The first kappa shape index (κ1) is 13.6. The fourth-order valence-electron chi connectivity index (χ4n) is 1.46. The lowest BCUT2D eigenvalue weighted by atomic mass is 9.93. The normalized spacial score (nSPS) is 11.6. The second-order valence-corrected chi connectivity index (χ2v) is 5.74. The first-order valence-corrected chi connectivity index (χ1v) is 6.48. The minimum atomic E-state index is 0.101. The number of hydrogen-bond acceptors (Lipinski definition) is 4. The number of aromatic nitrogens is 2. The first-order valence-electron chi connectivity index (χ1n) is 5.40. The number of anilines is 1. The Bertz CT molecular complexity index is 341. The smallest absolute Gasteiger partial charge is 0.145 e. The summed E-state index contributed by atoms with van der Waals surface area (Å²) in [4.78, 5) is 10.6. The molecule has 5 heteroatoms. The Morgan fingerprint density at radius 1 is 1.50 bits per heavy atom.